The molecule has 1 N–H and O–H groups in total. The van der Waals surface area contributed by atoms with Crippen LogP contribution in [0.25, 0.3) is 0 Å². The Morgan fingerprint density at radius 1 is 1.17 bits per heavy atom. The topological polar surface area (TPSA) is 42.0 Å². The number of anilines is 1. The molecule has 2 aromatic rings. The molecule has 0 aliphatic heterocycles. The third kappa shape index (κ3) is 3.72. The number of carbonyl (C=O) groups excluding carboxylic acids is 1. The minimum Gasteiger partial charge on any atom is -0.310 e. The molecule has 3 nitrogen and oxygen atoms in total. The molecule has 7 heteroatoms. The Bertz CT molecular complexity index is 714. The molecular formula is C16H12BrF3N2O. The van der Waals surface area contributed by atoms with Gasteiger partial charge < -0.3 is 5.32 Å². The summed E-state index contributed by atoms with van der Waals surface area (Å²) in [4.78, 5) is 16.2. The molecule has 1 fully saturated rings. The Labute approximate surface area is 139 Å². The summed E-state index contributed by atoms with van der Waals surface area (Å²) in [6.07, 6.45) is -2.13. The first-order chi connectivity index (χ1) is 10.8. The molecule has 120 valence electrons. The number of amides is 1. The largest absolute Gasteiger partial charge is 0.416 e. The SMILES string of the molecule is O=C(Nc1ccc(Br)cn1)C1CC1c1ccc(C(F)(F)F)cc1. The normalized spacial score (nSPS) is 20.2. The minimum atomic E-state index is -4.34. The van der Waals surface area contributed by atoms with Gasteiger partial charge in [-0.05, 0) is 58.1 Å². The van der Waals surface area contributed by atoms with Gasteiger partial charge in [-0.2, -0.15) is 13.2 Å². The molecule has 1 aliphatic carbocycles. The second kappa shape index (κ2) is 5.96. The van der Waals surface area contributed by atoms with E-state index in [1.165, 1.54) is 12.1 Å². The molecule has 1 amide bonds. The van der Waals surface area contributed by atoms with E-state index in [1.807, 2.05) is 0 Å². The summed E-state index contributed by atoms with van der Waals surface area (Å²) >= 11 is 3.26. The Balaban J connectivity index is 1.62. The maximum atomic E-state index is 12.5. The highest BCUT2D eigenvalue weighted by atomic mass is 79.9. The lowest BCUT2D eigenvalue weighted by atomic mass is 10.1. The second-order valence-electron chi connectivity index (χ2n) is 5.42. The van der Waals surface area contributed by atoms with E-state index in [4.69, 9.17) is 0 Å². The number of carbonyl (C=O) groups is 1. The van der Waals surface area contributed by atoms with Crippen molar-refractivity contribution in [3.63, 3.8) is 0 Å². The summed E-state index contributed by atoms with van der Waals surface area (Å²) in [7, 11) is 0. The molecule has 0 bridgehead atoms. The Morgan fingerprint density at radius 2 is 1.87 bits per heavy atom. The fraction of sp³-hybridized carbons (Fsp3) is 0.250. The Morgan fingerprint density at radius 3 is 2.43 bits per heavy atom. The van der Waals surface area contributed by atoms with Crippen LogP contribution in [0, 0.1) is 5.92 Å². The predicted molar refractivity (Wildman–Crippen MR) is 82.9 cm³/mol. The number of hydrogen-bond acceptors (Lipinski definition) is 2. The van der Waals surface area contributed by atoms with Crippen molar-refractivity contribution < 1.29 is 18.0 Å². The first-order valence-corrected chi connectivity index (χ1v) is 7.73. The monoisotopic (exact) mass is 384 g/mol. The van der Waals surface area contributed by atoms with E-state index in [9.17, 15) is 18.0 Å². The van der Waals surface area contributed by atoms with E-state index in [0.29, 0.717) is 12.2 Å². The Kier molecular flexibility index (Phi) is 4.14. The van der Waals surface area contributed by atoms with Crippen molar-refractivity contribution in [2.24, 2.45) is 5.92 Å². The average Bonchev–Trinajstić information content (AvgIpc) is 3.29. The van der Waals surface area contributed by atoms with Crippen LogP contribution in [0.5, 0.6) is 0 Å². The maximum Gasteiger partial charge on any atom is 0.416 e. The van der Waals surface area contributed by atoms with Gasteiger partial charge in [0.05, 0.1) is 5.56 Å². The number of pyridine rings is 1. The van der Waals surface area contributed by atoms with Crippen LogP contribution in [0.3, 0.4) is 0 Å². The van der Waals surface area contributed by atoms with E-state index in [1.54, 1.807) is 18.3 Å². The average molecular weight is 385 g/mol. The zero-order valence-corrected chi connectivity index (χ0v) is 13.4. The van der Waals surface area contributed by atoms with Gasteiger partial charge in [0.15, 0.2) is 0 Å². The van der Waals surface area contributed by atoms with Gasteiger partial charge in [0.2, 0.25) is 5.91 Å². The van der Waals surface area contributed by atoms with Crippen LogP contribution in [0.1, 0.15) is 23.5 Å². The first-order valence-electron chi connectivity index (χ1n) is 6.94. The highest BCUT2D eigenvalue weighted by molar-refractivity contribution is 9.10. The number of aromatic nitrogens is 1. The molecule has 1 aromatic heterocycles. The summed E-state index contributed by atoms with van der Waals surface area (Å²) < 4.78 is 38.4. The van der Waals surface area contributed by atoms with Crippen LogP contribution in [0.2, 0.25) is 0 Å². The number of hydrogen-bond donors (Lipinski definition) is 1. The highest BCUT2D eigenvalue weighted by Crippen LogP contribution is 2.48. The van der Waals surface area contributed by atoms with Gasteiger partial charge in [-0.25, -0.2) is 4.98 Å². The summed E-state index contributed by atoms with van der Waals surface area (Å²) in [6, 6.07) is 8.44. The van der Waals surface area contributed by atoms with Crippen molar-refractivity contribution >= 4 is 27.7 Å². The van der Waals surface area contributed by atoms with Gasteiger partial charge in [-0.1, -0.05) is 12.1 Å². The van der Waals surface area contributed by atoms with Crippen LogP contribution < -0.4 is 5.32 Å². The van der Waals surface area contributed by atoms with Crippen molar-refractivity contribution in [3.05, 3.63) is 58.2 Å². The lowest BCUT2D eigenvalue weighted by Crippen LogP contribution is -2.15. The lowest BCUT2D eigenvalue weighted by molar-refractivity contribution is -0.137. The molecule has 1 heterocycles. The third-order valence-corrected chi connectivity index (χ3v) is 4.24. The molecule has 2 atom stereocenters. The van der Waals surface area contributed by atoms with Crippen molar-refractivity contribution in [3.8, 4) is 0 Å². The van der Waals surface area contributed by atoms with Gasteiger partial charge >= 0.3 is 6.18 Å². The van der Waals surface area contributed by atoms with E-state index in [-0.39, 0.29) is 17.7 Å². The lowest BCUT2D eigenvalue weighted by Gasteiger charge is -2.07. The van der Waals surface area contributed by atoms with Gasteiger partial charge in [-0.3, -0.25) is 4.79 Å². The number of halogens is 4. The van der Waals surface area contributed by atoms with Crippen molar-refractivity contribution in [2.75, 3.05) is 5.32 Å². The van der Waals surface area contributed by atoms with Gasteiger partial charge in [0.25, 0.3) is 0 Å². The summed E-state index contributed by atoms with van der Waals surface area (Å²) in [5, 5.41) is 2.72. The number of rotatable bonds is 3. The van der Waals surface area contributed by atoms with E-state index < -0.39 is 11.7 Å². The summed E-state index contributed by atoms with van der Waals surface area (Å²) in [6.45, 7) is 0. The fourth-order valence-corrected chi connectivity index (χ4v) is 2.68. The van der Waals surface area contributed by atoms with Crippen LogP contribution in [-0.4, -0.2) is 10.9 Å². The fourth-order valence-electron chi connectivity index (χ4n) is 2.44. The molecule has 0 saturated heterocycles. The van der Waals surface area contributed by atoms with Crippen LogP contribution >= 0.6 is 15.9 Å². The van der Waals surface area contributed by atoms with Crippen molar-refractivity contribution in [1.82, 2.24) is 4.98 Å². The summed E-state index contributed by atoms with van der Waals surface area (Å²) in [5.41, 5.74) is 0.0730. The first kappa shape index (κ1) is 16.0. The molecule has 1 saturated carbocycles. The quantitative estimate of drug-likeness (QED) is 0.839. The molecule has 0 spiro atoms. The molecule has 0 radical (unpaired) electrons. The number of benzene rings is 1. The van der Waals surface area contributed by atoms with E-state index >= 15 is 0 Å². The standard InChI is InChI=1S/C16H12BrF3N2O/c17-11-5-6-14(21-8-11)22-15(23)13-7-12(13)9-1-3-10(4-2-9)16(18,19)20/h1-6,8,12-13H,7H2,(H,21,22,23). The summed E-state index contributed by atoms with van der Waals surface area (Å²) in [5.74, 6) is 0.0332. The molecule has 2 unspecified atom stereocenters. The van der Waals surface area contributed by atoms with Crippen molar-refractivity contribution in [1.29, 1.82) is 0 Å². The smallest absolute Gasteiger partial charge is 0.310 e. The Hall–Kier alpha value is -1.89. The second-order valence-corrected chi connectivity index (χ2v) is 6.34. The van der Waals surface area contributed by atoms with Crippen molar-refractivity contribution in [2.45, 2.75) is 18.5 Å². The van der Waals surface area contributed by atoms with Gasteiger partial charge in [0.1, 0.15) is 5.82 Å². The van der Waals surface area contributed by atoms with Gasteiger partial charge in [-0.15, -0.1) is 0 Å². The number of nitrogens with zero attached hydrogens (tertiary/aromatic N) is 1. The molecule has 23 heavy (non-hydrogen) atoms. The van der Waals surface area contributed by atoms with E-state index in [2.05, 4.69) is 26.2 Å². The number of nitrogens with one attached hydrogen (secondary N) is 1. The van der Waals surface area contributed by atoms with Crippen LogP contribution in [-0.2, 0) is 11.0 Å². The third-order valence-electron chi connectivity index (χ3n) is 3.77. The molecule has 1 aliphatic rings. The molecule has 3 rings (SSSR count). The maximum absolute atomic E-state index is 12.5. The number of alkyl halides is 3. The van der Waals surface area contributed by atoms with Crippen LogP contribution in [0.4, 0.5) is 19.0 Å². The zero-order chi connectivity index (χ0) is 16.6. The van der Waals surface area contributed by atoms with Gasteiger partial charge in [0, 0.05) is 16.6 Å². The highest BCUT2D eigenvalue weighted by Gasteiger charge is 2.44. The van der Waals surface area contributed by atoms with Crippen LogP contribution in [0.15, 0.2) is 47.1 Å². The van der Waals surface area contributed by atoms with E-state index in [0.717, 1.165) is 22.2 Å². The minimum absolute atomic E-state index is 0.0345. The molecule has 1 aromatic carbocycles. The molecular weight excluding hydrogens is 373 g/mol. The zero-order valence-electron chi connectivity index (χ0n) is 11.8. The predicted octanol–water partition coefficient (Wildman–Crippen LogP) is 4.61.